The topological polar surface area (TPSA) is 55.2 Å². The number of nitro benzene ring substituents is 1. The lowest BCUT2D eigenvalue weighted by Gasteiger charge is -2.10. The summed E-state index contributed by atoms with van der Waals surface area (Å²) < 4.78 is 14.2. The minimum Gasteiger partial charge on any atom is -0.378 e. The first-order valence-electron chi connectivity index (χ1n) is 5.59. The lowest BCUT2D eigenvalue weighted by Crippen LogP contribution is -2.03. The maximum atomic E-state index is 13.6. The van der Waals surface area contributed by atoms with E-state index >= 15 is 0 Å². The van der Waals surface area contributed by atoms with Gasteiger partial charge in [0, 0.05) is 23.2 Å². The Morgan fingerprint density at radius 3 is 2.70 bits per heavy atom. The lowest BCUT2D eigenvalue weighted by atomic mass is 10.2. The SMILES string of the molecule is O=[N+]([O-])c1ccc(CNc2c(F)cccc2Br)c(Cl)c1. The summed E-state index contributed by atoms with van der Waals surface area (Å²) in [5, 5.41) is 13.8. The minimum atomic E-state index is -0.517. The van der Waals surface area contributed by atoms with E-state index in [9.17, 15) is 14.5 Å². The molecule has 2 rings (SSSR count). The smallest absolute Gasteiger partial charge is 0.270 e. The van der Waals surface area contributed by atoms with E-state index in [4.69, 9.17) is 11.6 Å². The number of benzene rings is 2. The molecule has 0 saturated carbocycles. The molecule has 0 bridgehead atoms. The highest BCUT2D eigenvalue weighted by Gasteiger charge is 2.11. The molecule has 7 heteroatoms. The molecule has 104 valence electrons. The van der Waals surface area contributed by atoms with Crippen molar-refractivity contribution in [2.75, 3.05) is 5.32 Å². The van der Waals surface area contributed by atoms with Crippen LogP contribution in [-0.4, -0.2) is 4.92 Å². The summed E-state index contributed by atoms with van der Waals surface area (Å²) in [6.07, 6.45) is 0. The zero-order valence-electron chi connectivity index (χ0n) is 10.1. The molecule has 0 amide bonds. The number of hydrogen-bond acceptors (Lipinski definition) is 3. The van der Waals surface area contributed by atoms with Gasteiger partial charge in [-0.1, -0.05) is 17.7 Å². The number of nitrogens with zero attached hydrogens (tertiary/aromatic N) is 1. The van der Waals surface area contributed by atoms with Crippen molar-refractivity contribution in [1.82, 2.24) is 0 Å². The maximum absolute atomic E-state index is 13.6. The first kappa shape index (κ1) is 14.7. The number of hydrogen-bond donors (Lipinski definition) is 1. The van der Waals surface area contributed by atoms with E-state index in [2.05, 4.69) is 21.2 Å². The third-order valence-corrected chi connectivity index (χ3v) is 3.68. The molecule has 0 aromatic heterocycles. The van der Waals surface area contributed by atoms with Gasteiger partial charge >= 0.3 is 0 Å². The third-order valence-electron chi connectivity index (χ3n) is 2.67. The first-order valence-corrected chi connectivity index (χ1v) is 6.77. The Morgan fingerprint density at radius 1 is 1.35 bits per heavy atom. The second kappa shape index (κ2) is 6.19. The van der Waals surface area contributed by atoms with Crippen LogP contribution in [0.4, 0.5) is 15.8 Å². The van der Waals surface area contributed by atoms with E-state index in [0.29, 0.717) is 15.7 Å². The summed E-state index contributed by atoms with van der Waals surface area (Å²) in [5.74, 6) is -0.391. The number of halogens is 3. The molecule has 2 aromatic carbocycles. The molecule has 0 unspecified atom stereocenters. The number of anilines is 1. The largest absolute Gasteiger partial charge is 0.378 e. The molecule has 0 aliphatic heterocycles. The van der Waals surface area contributed by atoms with E-state index in [-0.39, 0.29) is 17.3 Å². The fraction of sp³-hybridized carbons (Fsp3) is 0.0769. The van der Waals surface area contributed by atoms with E-state index in [1.54, 1.807) is 18.2 Å². The van der Waals surface area contributed by atoms with Gasteiger partial charge in [0.15, 0.2) is 0 Å². The minimum absolute atomic E-state index is 0.0779. The van der Waals surface area contributed by atoms with E-state index in [1.165, 1.54) is 18.2 Å². The van der Waals surface area contributed by atoms with Gasteiger partial charge in [0.1, 0.15) is 5.82 Å². The van der Waals surface area contributed by atoms with Gasteiger partial charge in [-0.3, -0.25) is 10.1 Å². The molecule has 2 aromatic rings. The maximum Gasteiger partial charge on any atom is 0.270 e. The van der Waals surface area contributed by atoms with E-state index in [0.717, 1.165) is 0 Å². The highest BCUT2D eigenvalue weighted by molar-refractivity contribution is 9.10. The van der Waals surface area contributed by atoms with Crippen LogP contribution in [0.1, 0.15) is 5.56 Å². The summed E-state index contributed by atoms with van der Waals surface area (Å²) in [6.45, 7) is 0.260. The Labute approximate surface area is 127 Å². The molecule has 0 radical (unpaired) electrons. The molecule has 4 nitrogen and oxygen atoms in total. The Morgan fingerprint density at radius 2 is 2.10 bits per heavy atom. The molecule has 1 N–H and O–H groups in total. The van der Waals surface area contributed by atoms with Crippen molar-refractivity contribution in [3.8, 4) is 0 Å². The van der Waals surface area contributed by atoms with Gasteiger partial charge in [-0.25, -0.2) is 4.39 Å². The van der Waals surface area contributed by atoms with Crippen molar-refractivity contribution >= 4 is 38.9 Å². The first-order chi connectivity index (χ1) is 9.49. The summed E-state index contributed by atoms with van der Waals surface area (Å²) >= 11 is 9.21. The molecular formula is C13H9BrClFN2O2. The van der Waals surface area contributed by atoms with Crippen molar-refractivity contribution in [2.45, 2.75) is 6.54 Å². The quantitative estimate of drug-likeness (QED) is 0.632. The second-order valence-electron chi connectivity index (χ2n) is 3.98. The predicted molar refractivity (Wildman–Crippen MR) is 79.5 cm³/mol. The number of rotatable bonds is 4. The Kier molecular flexibility index (Phi) is 4.57. The van der Waals surface area contributed by atoms with Crippen molar-refractivity contribution in [3.63, 3.8) is 0 Å². The average Bonchev–Trinajstić information content (AvgIpc) is 2.39. The summed E-state index contributed by atoms with van der Waals surface area (Å²) in [6, 6.07) is 8.81. The summed E-state index contributed by atoms with van der Waals surface area (Å²) in [4.78, 5) is 10.1. The van der Waals surface area contributed by atoms with Crippen LogP contribution in [0.3, 0.4) is 0 Å². The fourth-order valence-corrected chi connectivity index (χ4v) is 2.37. The molecular weight excluding hydrogens is 351 g/mol. The van der Waals surface area contributed by atoms with Gasteiger partial charge in [0.05, 0.1) is 15.6 Å². The van der Waals surface area contributed by atoms with Crippen molar-refractivity contribution in [2.24, 2.45) is 0 Å². The molecule has 0 atom stereocenters. The zero-order chi connectivity index (χ0) is 14.7. The monoisotopic (exact) mass is 358 g/mol. The van der Waals surface area contributed by atoms with Crippen LogP contribution in [0.15, 0.2) is 40.9 Å². The number of nitro groups is 1. The van der Waals surface area contributed by atoms with Crippen molar-refractivity contribution < 1.29 is 9.31 Å². The fourth-order valence-electron chi connectivity index (χ4n) is 1.64. The van der Waals surface area contributed by atoms with Crippen LogP contribution in [0.2, 0.25) is 5.02 Å². The number of nitrogens with one attached hydrogen (secondary N) is 1. The van der Waals surface area contributed by atoms with Gasteiger partial charge in [-0.15, -0.1) is 0 Å². The normalized spacial score (nSPS) is 10.3. The van der Waals surface area contributed by atoms with E-state index < -0.39 is 10.7 Å². The second-order valence-corrected chi connectivity index (χ2v) is 5.24. The highest BCUT2D eigenvalue weighted by atomic mass is 79.9. The number of para-hydroxylation sites is 1. The van der Waals surface area contributed by atoms with Crippen LogP contribution < -0.4 is 5.32 Å². The van der Waals surface area contributed by atoms with Crippen molar-refractivity contribution in [3.05, 3.63) is 67.4 Å². The molecule has 0 aliphatic carbocycles. The molecule has 0 saturated heterocycles. The molecule has 0 heterocycles. The van der Waals surface area contributed by atoms with Gasteiger partial charge in [0.2, 0.25) is 0 Å². The molecule has 20 heavy (non-hydrogen) atoms. The lowest BCUT2D eigenvalue weighted by molar-refractivity contribution is -0.384. The van der Waals surface area contributed by atoms with Crippen LogP contribution in [0.5, 0.6) is 0 Å². The van der Waals surface area contributed by atoms with Gasteiger partial charge in [-0.05, 0) is 39.7 Å². The third kappa shape index (κ3) is 3.26. The van der Waals surface area contributed by atoms with Gasteiger partial charge in [0.25, 0.3) is 5.69 Å². The van der Waals surface area contributed by atoms with Gasteiger partial charge < -0.3 is 5.32 Å². The predicted octanol–water partition coefficient (Wildman–Crippen LogP) is 4.76. The van der Waals surface area contributed by atoms with Crippen LogP contribution in [0.25, 0.3) is 0 Å². The van der Waals surface area contributed by atoms with Crippen LogP contribution >= 0.6 is 27.5 Å². The summed E-state index contributed by atoms with van der Waals surface area (Å²) in [5.41, 5.74) is 0.889. The van der Waals surface area contributed by atoms with Crippen LogP contribution in [0, 0.1) is 15.9 Å². The Hall–Kier alpha value is -1.66. The Bertz CT molecular complexity index is 647. The molecule has 0 spiro atoms. The average molecular weight is 360 g/mol. The van der Waals surface area contributed by atoms with Crippen LogP contribution in [-0.2, 0) is 6.54 Å². The van der Waals surface area contributed by atoms with Gasteiger partial charge in [-0.2, -0.15) is 0 Å². The van der Waals surface area contributed by atoms with Crippen molar-refractivity contribution in [1.29, 1.82) is 0 Å². The summed E-state index contributed by atoms with van der Waals surface area (Å²) in [7, 11) is 0. The standard InChI is InChI=1S/C13H9BrClFN2O2/c14-10-2-1-3-12(16)13(10)17-7-8-4-5-9(18(19)20)6-11(8)15/h1-6,17H,7H2. The Balaban J connectivity index is 2.17. The zero-order valence-corrected chi connectivity index (χ0v) is 12.4. The van der Waals surface area contributed by atoms with E-state index in [1.807, 2.05) is 0 Å². The highest BCUT2D eigenvalue weighted by Crippen LogP contribution is 2.27. The molecule has 0 aliphatic rings. The number of non-ortho nitro benzene ring substituents is 1. The molecule has 0 fully saturated rings.